The van der Waals surface area contributed by atoms with Crippen molar-refractivity contribution in [1.29, 1.82) is 0 Å². The molecule has 1 aromatic heterocycles. The van der Waals surface area contributed by atoms with E-state index >= 15 is 0 Å². The van der Waals surface area contributed by atoms with Gasteiger partial charge in [0.05, 0.1) is 30.0 Å². The smallest absolute Gasteiger partial charge is 0.339 e. The maximum Gasteiger partial charge on any atom is 0.339 e. The van der Waals surface area contributed by atoms with E-state index in [0.29, 0.717) is 37.4 Å². The SMILES string of the molecule is COC(=O)c1ccccc1N1CC(C(=O)N2CCN(c3cc(-c4ccccc4)ncn3)CC2)CC1=O. The van der Waals surface area contributed by atoms with Crippen molar-refractivity contribution in [1.82, 2.24) is 14.9 Å². The zero-order valence-corrected chi connectivity index (χ0v) is 20.0. The number of amides is 2. The van der Waals surface area contributed by atoms with Crippen molar-refractivity contribution in [2.75, 3.05) is 49.6 Å². The molecular formula is C27H27N5O4. The second-order valence-corrected chi connectivity index (χ2v) is 8.85. The molecule has 0 aliphatic carbocycles. The zero-order chi connectivity index (χ0) is 25.1. The normalized spacial score (nSPS) is 17.9. The number of nitrogens with zero attached hydrogens (tertiary/aromatic N) is 5. The van der Waals surface area contributed by atoms with Gasteiger partial charge >= 0.3 is 5.97 Å². The highest BCUT2D eigenvalue weighted by molar-refractivity contribution is 6.05. The van der Waals surface area contributed by atoms with E-state index in [1.54, 1.807) is 30.6 Å². The lowest BCUT2D eigenvalue weighted by Gasteiger charge is -2.36. The lowest BCUT2D eigenvalue weighted by molar-refractivity contribution is -0.136. The van der Waals surface area contributed by atoms with E-state index in [2.05, 4.69) is 14.9 Å². The summed E-state index contributed by atoms with van der Waals surface area (Å²) in [5, 5.41) is 0. The summed E-state index contributed by atoms with van der Waals surface area (Å²) in [6.45, 7) is 2.64. The van der Waals surface area contributed by atoms with Gasteiger partial charge in [-0.15, -0.1) is 0 Å². The van der Waals surface area contributed by atoms with Crippen molar-refractivity contribution in [3.63, 3.8) is 0 Å². The van der Waals surface area contributed by atoms with Gasteiger partial charge in [-0.1, -0.05) is 42.5 Å². The second-order valence-electron chi connectivity index (χ2n) is 8.85. The van der Waals surface area contributed by atoms with E-state index in [9.17, 15) is 14.4 Å². The van der Waals surface area contributed by atoms with E-state index in [0.717, 1.165) is 17.1 Å². The van der Waals surface area contributed by atoms with Crippen LogP contribution >= 0.6 is 0 Å². The van der Waals surface area contributed by atoms with Gasteiger partial charge in [-0.25, -0.2) is 14.8 Å². The van der Waals surface area contributed by atoms with Crippen molar-refractivity contribution in [3.05, 3.63) is 72.6 Å². The van der Waals surface area contributed by atoms with Crippen LogP contribution in [0.15, 0.2) is 67.0 Å². The van der Waals surface area contributed by atoms with Crippen molar-refractivity contribution in [2.45, 2.75) is 6.42 Å². The van der Waals surface area contributed by atoms with Crippen LogP contribution in [0.25, 0.3) is 11.3 Å². The number of para-hydroxylation sites is 1. The highest BCUT2D eigenvalue weighted by atomic mass is 16.5. The van der Waals surface area contributed by atoms with Gasteiger partial charge in [-0.2, -0.15) is 0 Å². The van der Waals surface area contributed by atoms with Gasteiger partial charge in [0.2, 0.25) is 11.8 Å². The van der Waals surface area contributed by atoms with Gasteiger partial charge in [0.1, 0.15) is 12.1 Å². The first-order valence-corrected chi connectivity index (χ1v) is 11.9. The molecule has 0 spiro atoms. The molecular weight excluding hydrogens is 458 g/mol. The Balaban J connectivity index is 1.23. The number of anilines is 2. The number of methoxy groups -OCH3 is 1. The van der Waals surface area contributed by atoms with Crippen LogP contribution in [0, 0.1) is 5.92 Å². The number of hydrogen-bond donors (Lipinski definition) is 0. The van der Waals surface area contributed by atoms with Crippen LogP contribution < -0.4 is 9.80 Å². The van der Waals surface area contributed by atoms with E-state index < -0.39 is 11.9 Å². The molecule has 184 valence electrons. The van der Waals surface area contributed by atoms with Gasteiger partial charge in [0.25, 0.3) is 0 Å². The second kappa shape index (κ2) is 10.2. The predicted octanol–water partition coefficient (Wildman–Crippen LogP) is 2.63. The fourth-order valence-electron chi connectivity index (χ4n) is 4.80. The molecule has 9 heteroatoms. The molecule has 5 rings (SSSR count). The number of ether oxygens (including phenoxy) is 1. The lowest BCUT2D eigenvalue weighted by atomic mass is 10.1. The molecule has 0 saturated carbocycles. The third-order valence-electron chi connectivity index (χ3n) is 6.71. The summed E-state index contributed by atoms with van der Waals surface area (Å²) in [7, 11) is 1.31. The van der Waals surface area contributed by atoms with Crippen molar-refractivity contribution >= 4 is 29.3 Å². The summed E-state index contributed by atoms with van der Waals surface area (Å²) in [5.41, 5.74) is 2.68. The van der Waals surface area contributed by atoms with E-state index in [-0.39, 0.29) is 24.8 Å². The highest BCUT2D eigenvalue weighted by Crippen LogP contribution is 2.30. The monoisotopic (exact) mass is 485 g/mol. The summed E-state index contributed by atoms with van der Waals surface area (Å²) >= 11 is 0. The van der Waals surface area contributed by atoms with Crippen molar-refractivity contribution < 1.29 is 19.1 Å². The largest absolute Gasteiger partial charge is 0.465 e. The Morgan fingerprint density at radius 1 is 0.944 bits per heavy atom. The van der Waals surface area contributed by atoms with Crippen LogP contribution in [0.2, 0.25) is 0 Å². The van der Waals surface area contributed by atoms with Crippen LogP contribution in [-0.4, -0.2) is 72.5 Å². The van der Waals surface area contributed by atoms with Crippen LogP contribution in [0.4, 0.5) is 11.5 Å². The predicted molar refractivity (Wildman–Crippen MR) is 135 cm³/mol. The molecule has 36 heavy (non-hydrogen) atoms. The molecule has 1 atom stereocenters. The topological polar surface area (TPSA) is 95.9 Å². The quantitative estimate of drug-likeness (QED) is 0.513. The number of carbonyl (C=O) groups excluding carboxylic acids is 3. The molecule has 2 aliphatic rings. The molecule has 1 unspecified atom stereocenters. The molecule has 2 saturated heterocycles. The molecule has 3 heterocycles. The van der Waals surface area contributed by atoms with E-state index in [1.807, 2.05) is 41.3 Å². The van der Waals surface area contributed by atoms with Crippen LogP contribution in [0.1, 0.15) is 16.8 Å². The first-order valence-electron chi connectivity index (χ1n) is 11.9. The average molecular weight is 486 g/mol. The maximum absolute atomic E-state index is 13.3. The number of esters is 1. The van der Waals surface area contributed by atoms with E-state index in [4.69, 9.17) is 4.74 Å². The average Bonchev–Trinajstić information content (AvgIpc) is 3.34. The number of aromatic nitrogens is 2. The molecule has 2 aliphatic heterocycles. The minimum absolute atomic E-state index is 0.0336. The summed E-state index contributed by atoms with van der Waals surface area (Å²) in [6, 6.07) is 18.7. The van der Waals surface area contributed by atoms with Crippen molar-refractivity contribution in [3.8, 4) is 11.3 Å². The van der Waals surface area contributed by atoms with Gasteiger partial charge < -0.3 is 19.4 Å². The minimum Gasteiger partial charge on any atom is -0.465 e. The van der Waals surface area contributed by atoms with Gasteiger partial charge in [0.15, 0.2) is 0 Å². The summed E-state index contributed by atoms with van der Waals surface area (Å²) in [4.78, 5) is 52.6. The number of rotatable bonds is 5. The van der Waals surface area contributed by atoms with Crippen LogP contribution in [0.3, 0.4) is 0 Å². The highest BCUT2D eigenvalue weighted by Gasteiger charge is 2.39. The molecule has 0 bridgehead atoms. The Bertz CT molecular complexity index is 1270. The molecule has 9 nitrogen and oxygen atoms in total. The Morgan fingerprint density at radius 3 is 2.42 bits per heavy atom. The van der Waals surface area contributed by atoms with Crippen LogP contribution in [-0.2, 0) is 14.3 Å². The molecule has 0 N–H and O–H groups in total. The van der Waals surface area contributed by atoms with Gasteiger partial charge in [-0.3, -0.25) is 9.59 Å². The third-order valence-corrected chi connectivity index (χ3v) is 6.71. The van der Waals surface area contributed by atoms with Crippen LogP contribution in [0.5, 0.6) is 0 Å². The minimum atomic E-state index is -0.510. The fraction of sp³-hybridized carbons (Fsp3) is 0.296. The molecule has 3 aromatic rings. The maximum atomic E-state index is 13.3. The number of piperazine rings is 1. The third kappa shape index (κ3) is 4.64. The summed E-state index contributed by atoms with van der Waals surface area (Å²) in [6.07, 6.45) is 1.70. The fourth-order valence-corrected chi connectivity index (χ4v) is 4.80. The Labute approximate surface area is 209 Å². The molecule has 2 amide bonds. The molecule has 2 aromatic carbocycles. The Morgan fingerprint density at radius 2 is 1.67 bits per heavy atom. The Hall–Kier alpha value is -4.27. The van der Waals surface area contributed by atoms with E-state index in [1.165, 1.54) is 12.0 Å². The number of carbonyl (C=O) groups is 3. The van der Waals surface area contributed by atoms with Gasteiger partial charge in [0, 0.05) is 50.8 Å². The Kier molecular flexibility index (Phi) is 6.62. The van der Waals surface area contributed by atoms with Crippen molar-refractivity contribution in [2.24, 2.45) is 5.92 Å². The summed E-state index contributed by atoms with van der Waals surface area (Å²) < 4.78 is 4.85. The molecule has 2 fully saturated rings. The number of hydrogen-bond acceptors (Lipinski definition) is 7. The molecule has 0 radical (unpaired) electrons. The standard InChI is InChI=1S/C27H27N5O4/c1-36-27(35)21-9-5-6-10-23(21)32-17-20(15-25(32)33)26(34)31-13-11-30(12-14-31)24-16-22(28-18-29-24)19-7-3-2-4-8-19/h2-10,16,18,20H,11-15,17H2,1H3. The first-order chi connectivity index (χ1) is 17.5. The van der Waals surface area contributed by atoms with Gasteiger partial charge in [-0.05, 0) is 12.1 Å². The zero-order valence-electron chi connectivity index (χ0n) is 20.0. The lowest BCUT2D eigenvalue weighted by Crippen LogP contribution is -2.51. The first kappa shape index (κ1) is 23.5. The summed E-state index contributed by atoms with van der Waals surface area (Å²) in [5.74, 6) is -0.327. The number of benzene rings is 2.